The Labute approximate surface area is 118 Å². The van der Waals surface area contributed by atoms with Crippen LogP contribution in [0.5, 0.6) is 5.75 Å². The molecule has 20 heavy (non-hydrogen) atoms. The van der Waals surface area contributed by atoms with Crippen molar-refractivity contribution in [2.75, 3.05) is 20.2 Å². The van der Waals surface area contributed by atoms with Gasteiger partial charge >= 0.3 is 5.97 Å². The molecule has 1 aliphatic heterocycles. The fourth-order valence-corrected chi connectivity index (χ4v) is 3.81. The van der Waals surface area contributed by atoms with Crippen LogP contribution in [-0.4, -0.2) is 44.0 Å². The fourth-order valence-electron chi connectivity index (χ4n) is 2.27. The predicted molar refractivity (Wildman–Crippen MR) is 72.6 cm³/mol. The fraction of sp³-hybridized carbons (Fsp3) is 0.462. The van der Waals surface area contributed by atoms with E-state index in [0.717, 1.165) is 25.3 Å². The van der Waals surface area contributed by atoms with Crippen molar-refractivity contribution in [3.8, 4) is 5.75 Å². The Morgan fingerprint density at radius 1 is 1.25 bits per heavy atom. The van der Waals surface area contributed by atoms with E-state index in [1.54, 1.807) is 0 Å². The SMILES string of the molecule is COc1ccc(S(=O)(=O)N2CCCCC2)cc1C(=O)O. The minimum Gasteiger partial charge on any atom is -0.496 e. The van der Waals surface area contributed by atoms with Gasteiger partial charge in [0.2, 0.25) is 10.0 Å². The summed E-state index contributed by atoms with van der Waals surface area (Å²) in [4.78, 5) is 11.1. The van der Waals surface area contributed by atoms with Crippen LogP contribution in [0.1, 0.15) is 29.6 Å². The minimum absolute atomic E-state index is 0.00222. The maximum Gasteiger partial charge on any atom is 0.339 e. The molecule has 1 heterocycles. The second kappa shape index (κ2) is 5.80. The average Bonchev–Trinajstić information content (AvgIpc) is 2.47. The van der Waals surface area contributed by atoms with E-state index in [2.05, 4.69) is 0 Å². The zero-order valence-electron chi connectivity index (χ0n) is 11.2. The molecule has 0 atom stereocenters. The van der Waals surface area contributed by atoms with Crippen molar-refractivity contribution in [1.82, 2.24) is 4.31 Å². The van der Waals surface area contributed by atoms with E-state index < -0.39 is 16.0 Å². The molecule has 110 valence electrons. The highest BCUT2D eigenvalue weighted by molar-refractivity contribution is 7.89. The summed E-state index contributed by atoms with van der Waals surface area (Å²) < 4.78 is 31.2. The lowest BCUT2D eigenvalue weighted by Crippen LogP contribution is -2.35. The normalized spacial score (nSPS) is 16.9. The predicted octanol–water partition coefficient (Wildman–Crippen LogP) is 1.57. The van der Waals surface area contributed by atoms with E-state index in [1.165, 1.54) is 23.5 Å². The topological polar surface area (TPSA) is 83.9 Å². The molecule has 1 aromatic carbocycles. The molecule has 7 heteroatoms. The molecule has 0 aromatic heterocycles. The molecule has 6 nitrogen and oxygen atoms in total. The van der Waals surface area contributed by atoms with Crippen LogP contribution in [-0.2, 0) is 10.0 Å². The van der Waals surface area contributed by atoms with Gasteiger partial charge in [0.15, 0.2) is 0 Å². The van der Waals surface area contributed by atoms with Crippen LogP contribution in [0.25, 0.3) is 0 Å². The highest BCUT2D eigenvalue weighted by Gasteiger charge is 2.27. The molecule has 1 aliphatic rings. The number of aromatic carboxylic acids is 1. The van der Waals surface area contributed by atoms with Gasteiger partial charge in [-0.25, -0.2) is 13.2 Å². The molecular formula is C13H17NO5S. The summed E-state index contributed by atoms with van der Waals surface area (Å²) in [6.07, 6.45) is 2.69. The van der Waals surface area contributed by atoms with Crippen LogP contribution in [0.15, 0.2) is 23.1 Å². The number of benzene rings is 1. The molecule has 0 aliphatic carbocycles. The van der Waals surface area contributed by atoms with Crippen LogP contribution in [0.3, 0.4) is 0 Å². The smallest absolute Gasteiger partial charge is 0.339 e. The molecular weight excluding hydrogens is 282 g/mol. The van der Waals surface area contributed by atoms with Gasteiger partial charge in [-0.05, 0) is 31.0 Å². The van der Waals surface area contributed by atoms with Crippen molar-refractivity contribution in [2.24, 2.45) is 0 Å². The average molecular weight is 299 g/mol. The van der Waals surface area contributed by atoms with Gasteiger partial charge in [0.05, 0.1) is 12.0 Å². The summed E-state index contributed by atoms with van der Waals surface area (Å²) >= 11 is 0. The molecule has 2 rings (SSSR count). The summed E-state index contributed by atoms with van der Waals surface area (Å²) in [5.41, 5.74) is -0.148. The van der Waals surface area contributed by atoms with Gasteiger partial charge in [-0.1, -0.05) is 6.42 Å². The second-order valence-corrected chi connectivity index (χ2v) is 6.57. The Kier molecular flexibility index (Phi) is 4.29. The highest BCUT2D eigenvalue weighted by Crippen LogP contribution is 2.26. The summed E-state index contributed by atoms with van der Waals surface area (Å²) in [6.45, 7) is 0.966. The first-order chi connectivity index (χ1) is 9.46. The number of carboxylic acid groups (broad SMARTS) is 1. The zero-order valence-corrected chi connectivity index (χ0v) is 12.0. The van der Waals surface area contributed by atoms with Crippen LogP contribution in [0.2, 0.25) is 0 Å². The van der Waals surface area contributed by atoms with Crippen molar-refractivity contribution in [3.63, 3.8) is 0 Å². The molecule has 1 fully saturated rings. The maximum absolute atomic E-state index is 12.5. The van der Waals surface area contributed by atoms with E-state index in [4.69, 9.17) is 9.84 Å². The number of rotatable bonds is 4. The molecule has 0 spiro atoms. The molecule has 0 unspecified atom stereocenters. The number of piperidine rings is 1. The molecule has 0 amide bonds. The first kappa shape index (κ1) is 14.8. The third-order valence-electron chi connectivity index (χ3n) is 3.35. The number of sulfonamides is 1. The number of nitrogens with zero attached hydrogens (tertiary/aromatic N) is 1. The number of carboxylic acids is 1. The Morgan fingerprint density at radius 2 is 1.90 bits per heavy atom. The summed E-state index contributed by atoms with van der Waals surface area (Å²) in [5, 5.41) is 9.11. The van der Waals surface area contributed by atoms with Gasteiger partial charge in [0.25, 0.3) is 0 Å². The third-order valence-corrected chi connectivity index (χ3v) is 5.25. The summed E-state index contributed by atoms with van der Waals surface area (Å²) in [6, 6.07) is 3.92. The molecule has 0 saturated carbocycles. The lowest BCUT2D eigenvalue weighted by Gasteiger charge is -2.26. The van der Waals surface area contributed by atoms with Gasteiger partial charge in [-0.15, -0.1) is 0 Å². The Morgan fingerprint density at radius 3 is 2.45 bits per heavy atom. The van der Waals surface area contributed by atoms with Crippen LogP contribution in [0.4, 0.5) is 0 Å². The van der Waals surface area contributed by atoms with Gasteiger partial charge in [-0.2, -0.15) is 4.31 Å². The standard InChI is InChI=1S/C13H17NO5S/c1-19-12-6-5-10(9-11(12)13(15)16)20(17,18)14-7-3-2-4-8-14/h5-6,9H,2-4,7-8H2,1H3,(H,15,16). The maximum atomic E-state index is 12.5. The van der Waals surface area contributed by atoms with E-state index in [1.807, 2.05) is 0 Å². The van der Waals surface area contributed by atoms with Gasteiger partial charge in [0, 0.05) is 13.1 Å². The van der Waals surface area contributed by atoms with E-state index in [-0.39, 0.29) is 16.2 Å². The van der Waals surface area contributed by atoms with Crippen molar-refractivity contribution in [3.05, 3.63) is 23.8 Å². The molecule has 1 N–H and O–H groups in total. The van der Waals surface area contributed by atoms with Gasteiger partial charge in [-0.3, -0.25) is 0 Å². The largest absolute Gasteiger partial charge is 0.496 e. The lowest BCUT2D eigenvalue weighted by atomic mass is 10.2. The van der Waals surface area contributed by atoms with Crippen LogP contribution < -0.4 is 4.74 Å². The Bertz CT molecular complexity index is 605. The lowest BCUT2D eigenvalue weighted by molar-refractivity contribution is 0.0693. The van der Waals surface area contributed by atoms with E-state index >= 15 is 0 Å². The van der Waals surface area contributed by atoms with E-state index in [9.17, 15) is 13.2 Å². The van der Waals surface area contributed by atoms with Gasteiger partial charge < -0.3 is 9.84 Å². The number of ether oxygens (including phenoxy) is 1. The number of hydrogen-bond donors (Lipinski definition) is 1. The monoisotopic (exact) mass is 299 g/mol. The van der Waals surface area contributed by atoms with Gasteiger partial charge in [0.1, 0.15) is 11.3 Å². The second-order valence-electron chi connectivity index (χ2n) is 4.63. The number of methoxy groups -OCH3 is 1. The van der Waals surface area contributed by atoms with Crippen molar-refractivity contribution >= 4 is 16.0 Å². The minimum atomic E-state index is -3.63. The van der Waals surface area contributed by atoms with Crippen molar-refractivity contribution in [1.29, 1.82) is 0 Å². The van der Waals surface area contributed by atoms with Crippen molar-refractivity contribution in [2.45, 2.75) is 24.2 Å². The highest BCUT2D eigenvalue weighted by atomic mass is 32.2. The quantitative estimate of drug-likeness (QED) is 0.912. The molecule has 0 bridgehead atoms. The first-order valence-electron chi connectivity index (χ1n) is 6.38. The van der Waals surface area contributed by atoms with Crippen LogP contribution >= 0.6 is 0 Å². The summed E-state index contributed by atoms with van der Waals surface area (Å²) in [5.74, 6) is -1.06. The third kappa shape index (κ3) is 2.78. The van der Waals surface area contributed by atoms with E-state index in [0.29, 0.717) is 13.1 Å². The first-order valence-corrected chi connectivity index (χ1v) is 7.82. The number of hydrogen-bond acceptors (Lipinski definition) is 4. The Balaban J connectivity index is 2.41. The number of carbonyl (C=O) groups is 1. The van der Waals surface area contributed by atoms with Crippen LogP contribution in [0, 0.1) is 0 Å². The molecule has 0 radical (unpaired) electrons. The molecule has 1 aromatic rings. The van der Waals surface area contributed by atoms with Crippen molar-refractivity contribution < 1.29 is 23.1 Å². The zero-order chi connectivity index (χ0) is 14.8. The Hall–Kier alpha value is -1.60. The molecule has 1 saturated heterocycles. The summed E-state index contributed by atoms with van der Waals surface area (Å²) in [7, 11) is -2.28.